The summed E-state index contributed by atoms with van der Waals surface area (Å²) >= 11 is 5.48. The van der Waals surface area contributed by atoms with Crippen molar-refractivity contribution in [3.8, 4) is 0 Å². The van der Waals surface area contributed by atoms with E-state index in [1.807, 2.05) is 0 Å². The molecule has 1 N–H and O–H groups in total. The molecule has 4 nitrogen and oxygen atoms in total. The van der Waals surface area contributed by atoms with Crippen LogP contribution in [0.5, 0.6) is 0 Å². The van der Waals surface area contributed by atoms with Crippen molar-refractivity contribution in [3.63, 3.8) is 0 Å². The normalized spacial score (nSPS) is 22.2. The number of aromatic amines is 1. The average Bonchev–Trinajstić information content (AvgIpc) is 3.23. The third kappa shape index (κ3) is 2.99. The molecule has 2 saturated carbocycles. The second-order valence-corrected chi connectivity index (χ2v) is 7.80. The standard InChI is InChI=1S/C19H27N3OS/c1-13-10-11-17(16-9-5-8-15(13)16)23-12-18-20-21-19(24)22(18)14-6-3-2-4-7-14/h14H,2-12H2,1H3,(H,21,24). The summed E-state index contributed by atoms with van der Waals surface area (Å²) in [6, 6.07) is 0.497. The van der Waals surface area contributed by atoms with Crippen LogP contribution in [0.25, 0.3) is 0 Å². The quantitative estimate of drug-likeness (QED) is 0.732. The number of H-pyrrole nitrogens is 1. The van der Waals surface area contributed by atoms with E-state index in [1.165, 1.54) is 62.7 Å². The van der Waals surface area contributed by atoms with Gasteiger partial charge in [0.25, 0.3) is 0 Å². The largest absolute Gasteiger partial charge is 0.490 e. The van der Waals surface area contributed by atoms with Gasteiger partial charge in [0.1, 0.15) is 12.4 Å². The highest BCUT2D eigenvalue weighted by Gasteiger charge is 2.26. The van der Waals surface area contributed by atoms with Crippen molar-refractivity contribution >= 4 is 12.2 Å². The molecule has 0 bridgehead atoms. The van der Waals surface area contributed by atoms with Gasteiger partial charge in [0.15, 0.2) is 10.6 Å². The van der Waals surface area contributed by atoms with Crippen molar-refractivity contribution in [2.75, 3.05) is 0 Å². The van der Waals surface area contributed by atoms with Crippen LogP contribution in [0, 0.1) is 4.77 Å². The van der Waals surface area contributed by atoms with Gasteiger partial charge in [-0.3, -0.25) is 9.67 Å². The molecule has 0 aliphatic heterocycles. The number of ether oxygens (including phenoxy) is 1. The van der Waals surface area contributed by atoms with Crippen LogP contribution in [0.3, 0.4) is 0 Å². The summed E-state index contributed by atoms with van der Waals surface area (Å²) in [6.45, 7) is 2.82. The highest BCUT2D eigenvalue weighted by molar-refractivity contribution is 7.71. The van der Waals surface area contributed by atoms with Crippen molar-refractivity contribution in [3.05, 3.63) is 33.1 Å². The maximum Gasteiger partial charge on any atom is 0.195 e. The van der Waals surface area contributed by atoms with Crippen LogP contribution in [0.2, 0.25) is 0 Å². The molecular formula is C19H27N3OS. The van der Waals surface area contributed by atoms with Gasteiger partial charge < -0.3 is 4.74 Å². The van der Waals surface area contributed by atoms with E-state index in [0.717, 1.165) is 23.4 Å². The lowest BCUT2D eigenvalue weighted by Gasteiger charge is -2.25. The van der Waals surface area contributed by atoms with Gasteiger partial charge in [-0.25, -0.2) is 0 Å². The Hall–Kier alpha value is -1.36. The first-order chi connectivity index (χ1) is 11.7. The summed E-state index contributed by atoms with van der Waals surface area (Å²) in [5, 5.41) is 7.45. The fraction of sp³-hybridized carbons (Fsp3) is 0.684. The fourth-order valence-corrected chi connectivity index (χ4v) is 4.89. The molecule has 3 aliphatic carbocycles. The predicted molar refractivity (Wildman–Crippen MR) is 97.1 cm³/mol. The lowest BCUT2D eigenvalue weighted by atomic mass is 9.92. The van der Waals surface area contributed by atoms with E-state index in [1.54, 1.807) is 11.1 Å². The molecular weight excluding hydrogens is 318 g/mol. The smallest absolute Gasteiger partial charge is 0.195 e. The Labute approximate surface area is 149 Å². The number of allylic oxidation sites excluding steroid dienone is 4. The maximum atomic E-state index is 6.27. The molecule has 0 aromatic carbocycles. The monoisotopic (exact) mass is 345 g/mol. The molecule has 0 amide bonds. The summed E-state index contributed by atoms with van der Waals surface area (Å²) in [5.41, 5.74) is 4.62. The minimum atomic E-state index is 0.497. The second-order valence-electron chi connectivity index (χ2n) is 7.41. The zero-order valence-electron chi connectivity index (χ0n) is 14.6. The topological polar surface area (TPSA) is 42.8 Å². The van der Waals surface area contributed by atoms with Crippen LogP contribution in [0.4, 0.5) is 0 Å². The summed E-state index contributed by atoms with van der Waals surface area (Å²) in [6.07, 6.45) is 12.2. The van der Waals surface area contributed by atoms with Crippen molar-refractivity contribution in [1.29, 1.82) is 0 Å². The Bertz CT molecular complexity index is 734. The summed E-state index contributed by atoms with van der Waals surface area (Å²) in [7, 11) is 0. The summed E-state index contributed by atoms with van der Waals surface area (Å²) < 4.78 is 9.24. The van der Waals surface area contributed by atoms with Gasteiger partial charge in [-0.05, 0) is 68.8 Å². The van der Waals surface area contributed by atoms with Gasteiger partial charge in [0.05, 0.1) is 0 Å². The Morgan fingerprint density at radius 2 is 1.88 bits per heavy atom. The van der Waals surface area contributed by atoms with E-state index in [-0.39, 0.29) is 0 Å². The minimum Gasteiger partial charge on any atom is -0.490 e. The average molecular weight is 346 g/mol. The molecule has 2 fully saturated rings. The van der Waals surface area contributed by atoms with Gasteiger partial charge in [-0.15, -0.1) is 0 Å². The van der Waals surface area contributed by atoms with Gasteiger partial charge in [-0.2, -0.15) is 5.10 Å². The SMILES string of the molecule is CC1=C2CCCC2=C(OCc2n[nH]c(=S)n2C2CCCCC2)CC1. The third-order valence-corrected chi connectivity index (χ3v) is 6.18. The first kappa shape index (κ1) is 16.1. The second kappa shape index (κ2) is 6.87. The van der Waals surface area contributed by atoms with Crippen molar-refractivity contribution < 1.29 is 4.74 Å². The van der Waals surface area contributed by atoms with E-state index < -0.39 is 0 Å². The molecule has 4 rings (SSSR count). The van der Waals surface area contributed by atoms with E-state index >= 15 is 0 Å². The lowest BCUT2D eigenvalue weighted by Crippen LogP contribution is -2.16. The Balaban J connectivity index is 1.53. The predicted octanol–water partition coefficient (Wildman–Crippen LogP) is 5.51. The van der Waals surface area contributed by atoms with Crippen molar-refractivity contribution in [1.82, 2.24) is 14.8 Å². The number of nitrogens with zero attached hydrogens (tertiary/aromatic N) is 2. The summed E-state index contributed by atoms with van der Waals surface area (Å²) in [4.78, 5) is 0. The Morgan fingerprint density at radius 1 is 1.08 bits per heavy atom. The van der Waals surface area contributed by atoms with E-state index in [4.69, 9.17) is 17.0 Å². The lowest BCUT2D eigenvalue weighted by molar-refractivity contribution is 0.169. The Morgan fingerprint density at radius 3 is 2.71 bits per heavy atom. The van der Waals surface area contributed by atoms with Crippen molar-refractivity contribution in [2.45, 2.75) is 83.8 Å². The number of fused-ring (bicyclic) bond motifs is 1. The zero-order valence-corrected chi connectivity index (χ0v) is 15.4. The fourth-order valence-electron chi connectivity index (χ4n) is 4.59. The number of hydrogen-bond acceptors (Lipinski definition) is 3. The first-order valence-corrected chi connectivity index (χ1v) is 9.84. The van der Waals surface area contributed by atoms with Crippen LogP contribution < -0.4 is 0 Å². The van der Waals surface area contributed by atoms with Crippen LogP contribution in [-0.2, 0) is 11.3 Å². The van der Waals surface area contributed by atoms with Crippen LogP contribution in [0.1, 0.15) is 83.0 Å². The van der Waals surface area contributed by atoms with Crippen LogP contribution in [-0.4, -0.2) is 14.8 Å². The molecule has 5 heteroatoms. The zero-order chi connectivity index (χ0) is 16.5. The maximum absolute atomic E-state index is 6.27. The van der Waals surface area contributed by atoms with Crippen molar-refractivity contribution in [2.24, 2.45) is 0 Å². The van der Waals surface area contributed by atoms with Gasteiger partial charge in [0.2, 0.25) is 0 Å². The molecule has 1 aromatic rings. The highest BCUT2D eigenvalue weighted by Crippen LogP contribution is 2.41. The summed E-state index contributed by atoms with van der Waals surface area (Å²) in [5.74, 6) is 2.17. The van der Waals surface area contributed by atoms with Gasteiger partial charge >= 0.3 is 0 Å². The molecule has 24 heavy (non-hydrogen) atoms. The van der Waals surface area contributed by atoms with E-state index in [9.17, 15) is 0 Å². The molecule has 0 saturated heterocycles. The molecule has 1 aromatic heterocycles. The highest BCUT2D eigenvalue weighted by atomic mass is 32.1. The number of rotatable bonds is 4. The minimum absolute atomic E-state index is 0.497. The molecule has 0 unspecified atom stereocenters. The molecule has 0 spiro atoms. The van der Waals surface area contributed by atoms with Crippen LogP contribution in [0.15, 0.2) is 22.5 Å². The van der Waals surface area contributed by atoms with Crippen LogP contribution >= 0.6 is 12.2 Å². The van der Waals surface area contributed by atoms with Gasteiger partial charge in [0, 0.05) is 12.5 Å². The van der Waals surface area contributed by atoms with Gasteiger partial charge in [-0.1, -0.05) is 24.8 Å². The van der Waals surface area contributed by atoms with E-state index in [0.29, 0.717) is 12.6 Å². The molecule has 0 radical (unpaired) electrons. The Kier molecular flexibility index (Phi) is 4.61. The molecule has 130 valence electrons. The molecule has 0 atom stereocenters. The first-order valence-electron chi connectivity index (χ1n) is 9.43. The van der Waals surface area contributed by atoms with E-state index in [2.05, 4.69) is 21.7 Å². The third-order valence-electron chi connectivity index (χ3n) is 5.89. The number of nitrogens with one attached hydrogen (secondary N) is 1. The number of hydrogen-bond donors (Lipinski definition) is 1. The number of aromatic nitrogens is 3. The molecule has 3 aliphatic rings. The molecule has 1 heterocycles.